The molecule has 254 valence electrons. The molecule has 2 heterocycles. The Balaban J connectivity index is 0.00000216. The van der Waals surface area contributed by atoms with Crippen LogP contribution in [0.2, 0.25) is 9.26 Å². The van der Waals surface area contributed by atoms with E-state index in [1.54, 1.807) is 11.1 Å². The van der Waals surface area contributed by atoms with Crippen LogP contribution in [0.25, 0.3) is 56.2 Å². The summed E-state index contributed by atoms with van der Waals surface area (Å²) < 4.78 is 6.43. The van der Waals surface area contributed by atoms with Crippen LogP contribution in [0.3, 0.4) is 0 Å². The molecule has 0 radical (unpaired) electrons. The van der Waals surface area contributed by atoms with E-state index < -0.39 is 17.4 Å². The van der Waals surface area contributed by atoms with Crippen LogP contribution in [0.5, 0.6) is 0 Å². The number of hydrogen-bond donors (Lipinski definition) is 0. The van der Waals surface area contributed by atoms with Crippen molar-refractivity contribution in [2.24, 2.45) is 11.8 Å². The van der Waals surface area contributed by atoms with Crippen LogP contribution in [0, 0.1) is 11.8 Å². The molecule has 0 fully saturated rings. The van der Waals surface area contributed by atoms with E-state index in [9.17, 15) is 0 Å². The van der Waals surface area contributed by atoms with E-state index in [2.05, 4.69) is 141 Å². The average Bonchev–Trinajstić information content (AvgIpc) is 3.68. The molecule has 0 aliphatic heterocycles. The first-order valence-corrected chi connectivity index (χ1v) is 31.1. The maximum atomic E-state index is 4.83. The molecule has 6 aromatic rings. The Labute approximate surface area is 311 Å². The fourth-order valence-electron chi connectivity index (χ4n) is 9.09. The molecule has 2 aliphatic carbocycles. The normalized spacial score (nSPS) is 16.9. The van der Waals surface area contributed by atoms with Crippen molar-refractivity contribution in [2.45, 2.75) is 44.2 Å². The Morgan fingerprint density at radius 2 is 0.960 bits per heavy atom. The molecule has 0 bridgehead atoms. The van der Waals surface area contributed by atoms with Gasteiger partial charge in [-0.1, -0.05) is 0 Å². The fraction of sp³-hybridized carbons (Fsp3) is 0.227. The van der Waals surface area contributed by atoms with Gasteiger partial charge >= 0.3 is 289 Å². The second kappa shape index (κ2) is 13.4. The van der Waals surface area contributed by atoms with Crippen molar-refractivity contribution >= 4 is 65.7 Å². The summed E-state index contributed by atoms with van der Waals surface area (Å²) in [7, 11) is 0. The van der Waals surface area contributed by atoms with Gasteiger partial charge in [0.2, 0.25) is 0 Å². The van der Waals surface area contributed by atoms with Crippen LogP contribution in [0.4, 0.5) is 0 Å². The predicted octanol–water partition coefficient (Wildman–Crippen LogP) is 12.2. The summed E-state index contributed by atoms with van der Waals surface area (Å²) in [6.45, 7) is 12.1. The third-order valence-corrected chi connectivity index (χ3v) is 28.5. The van der Waals surface area contributed by atoms with E-state index in [4.69, 9.17) is 9.97 Å². The van der Waals surface area contributed by atoms with Gasteiger partial charge in [0.1, 0.15) is 0 Å². The van der Waals surface area contributed by atoms with E-state index >= 15 is 0 Å². The van der Waals surface area contributed by atoms with E-state index in [0.29, 0.717) is 19.1 Å². The molecule has 6 heteroatoms. The first-order chi connectivity index (χ1) is 23.0. The minimum atomic E-state index is -3.84. The Bertz CT molecular complexity index is 2250. The van der Waals surface area contributed by atoms with Gasteiger partial charge in [-0.25, -0.2) is 0 Å². The van der Waals surface area contributed by atoms with Gasteiger partial charge in [-0.05, 0) is 0 Å². The number of rotatable bonds is 6. The monoisotopic (exact) mass is 790 g/mol. The van der Waals surface area contributed by atoms with Crippen LogP contribution in [0.1, 0.15) is 57.2 Å². The van der Waals surface area contributed by atoms with Gasteiger partial charge in [-0.15, -0.1) is 24.8 Å². The second-order valence-electron chi connectivity index (χ2n) is 15.8. The zero-order valence-corrected chi connectivity index (χ0v) is 35.3. The third kappa shape index (κ3) is 5.91. The molecule has 2 unspecified atom stereocenters. The number of aromatic nitrogens is 2. The minimum absolute atomic E-state index is 0. The predicted molar refractivity (Wildman–Crippen MR) is 220 cm³/mol. The van der Waals surface area contributed by atoms with Gasteiger partial charge in [0.15, 0.2) is 0 Å². The molecule has 0 saturated heterocycles. The summed E-state index contributed by atoms with van der Waals surface area (Å²) in [5, 5.41) is 2.37. The number of pyridine rings is 2. The molecular weight excluding hydrogens is 747 g/mol. The molecule has 0 saturated carbocycles. The number of allylic oxidation sites excluding steroid dienone is 2. The standard InChI is InChI=1S/2C21H18N.2CH3.2ClH.H2Si.Zr/c2*1-14(2)18-11-16-8-9-17(12-19(16)13-18)20-7-3-5-15-6-4-10-22-21(15)20;;;;;;/h2*3-14H,1-2H3;2*1H3;2*1H;1H2;. The van der Waals surface area contributed by atoms with E-state index in [1.807, 2.05) is 24.5 Å². The molecule has 4 aromatic carbocycles. The number of para-hydroxylation sites is 2. The smallest absolute Gasteiger partial charge is 0.147 e. The van der Waals surface area contributed by atoms with Gasteiger partial charge in [0.25, 0.3) is 0 Å². The Morgan fingerprint density at radius 3 is 1.36 bits per heavy atom. The quantitative estimate of drug-likeness (QED) is 0.157. The molecule has 8 rings (SSSR count). The molecule has 0 N–H and O–H groups in total. The topological polar surface area (TPSA) is 25.8 Å². The van der Waals surface area contributed by atoms with Crippen LogP contribution in [0.15, 0.2) is 121 Å². The second-order valence-corrected chi connectivity index (χ2v) is 46.3. The van der Waals surface area contributed by atoms with Crippen LogP contribution < -0.4 is 0 Å². The summed E-state index contributed by atoms with van der Waals surface area (Å²) in [5.74, 6) is 0.950. The summed E-state index contributed by atoms with van der Waals surface area (Å²) in [6.07, 6.45) is 8.94. The van der Waals surface area contributed by atoms with Crippen molar-refractivity contribution in [2.75, 3.05) is 0 Å². The minimum Gasteiger partial charge on any atom is -0.147 e. The van der Waals surface area contributed by atoms with Gasteiger partial charge in [0, 0.05) is 0 Å². The van der Waals surface area contributed by atoms with Gasteiger partial charge in [-0.3, -0.25) is 0 Å². The first kappa shape index (κ1) is 36.6. The maximum absolute atomic E-state index is 4.83. The Kier molecular flexibility index (Phi) is 9.85. The number of nitrogens with zero attached hydrogens (tertiary/aromatic N) is 2. The molecule has 2 aliphatic rings. The van der Waals surface area contributed by atoms with Crippen molar-refractivity contribution in [3.8, 4) is 22.3 Å². The van der Waals surface area contributed by atoms with Crippen molar-refractivity contribution in [3.63, 3.8) is 0 Å². The van der Waals surface area contributed by atoms with Gasteiger partial charge < -0.3 is 0 Å². The maximum Gasteiger partial charge on any atom is -0.147 e. The molecular formula is C44H46Cl2N2SiZr. The van der Waals surface area contributed by atoms with Crippen LogP contribution >= 0.6 is 24.8 Å². The van der Waals surface area contributed by atoms with Crippen molar-refractivity contribution in [3.05, 3.63) is 143 Å². The molecule has 2 nitrogen and oxygen atoms in total. The van der Waals surface area contributed by atoms with Crippen molar-refractivity contribution < 1.29 is 17.4 Å². The number of benzene rings is 4. The third-order valence-electron chi connectivity index (χ3n) is 11.2. The van der Waals surface area contributed by atoms with Gasteiger partial charge in [0.05, 0.1) is 0 Å². The molecule has 2 aromatic heterocycles. The largest absolute Gasteiger partial charge is 0.147 e. The van der Waals surface area contributed by atoms with Crippen LogP contribution in [-0.4, -0.2) is 16.8 Å². The van der Waals surface area contributed by atoms with E-state index in [1.165, 1.54) is 55.3 Å². The number of hydrogen-bond acceptors (Lipinski definition) is 2. The van der Waals surface area contributed by atoms with E-state index in [-0.39, 0.29) is 24.8 Å². The summed E-state index contributed by atoms with van der Waals surface area (Å²) >= 11 is -3.84. The molecule has 50 heavy (non-hydrogen) atoms. The fourth-order valence-corrected chi connectivity index (χ4v) is 29.0. The van der Waals surface area contributed by atoms with Crippen molar-refractivity contribution in [1.29, 1.82) is 0 Å². The molecule has 0 spiro atoms. The molecule has 0 amide bonds. The molecule has 2 atom stereocenters. The van der Waals surface area contributed by atoms with Crippen molar-refractivity contribution in [1.82, 2.24) is 9.97 Å². The SMILES string of the molecule is CC(C)C1=Cc2ccc(-c3cccc4cccnc34)cc2[CH]1[Zr]([CH3])([CH3])(=[SiH2])[CH]1C(C(C)C)=Cc2ccc(-c3cccc4cccnc34)cc21.Cl.Cl. The number of fused-ring (bicyclic) bond motifs is 4. The summed E-state index contributed by atoms with van der Waals surface area (Å²) in [4.78, 5) is 9.67. The Hall–Kier alpha value is -3.14. The summed E-state index contributed by atoms with van der Waals surface area (Å²) in [5.41, 5.74) is 16.2. The van der Waals surface area contributed by atoms with Gasteiger partial charge in [-0.2, -0.15) is 0 Å². The zero-order chi connectivity index (χ0) is 33.4. The Morgan fingerprint density at radius 1 is 0.560 bits per heavy atom. The summed E-state index contributed by atoms with van der Waals surface area (Å²) in [6, 6.07) is 36.1. The average molecular weight is 793 g/mol. The first-order valence-electron chi connectivity index (χ1n) is 17.5. The zero-order valence-electron chi connectivity index (χ0n) is 29.8. The number of halogens is 2. The van der Waals surface area contributed by atoms with E-state index in [0.717, 1.165) is 11.0 Å². The van der Waals surface area contributed by atoms with Crippen LogP contribution in [-0.2, 0) is 17.4 Å².